The molecule has 0 aliphatic carbocycles. The Bertz CT molecular complexity index is 734. The zero-order valence-electron chi connectivity index (χ0n) is 14.7. The first-order valence-electron chi connectivity index (χ1n) is 8.17. The Hall–Kier alpha value is -1.68. The minimum Gasteiger partial charge on any atom is -0.399 e. The Morgan fingerprint density at radius 3 is 2.19 bits per heavy atom. The summed E-state index contributed by atoms with van der Waals surface area (Å²) < 4.78 is 40.9. The lowest BCUT2D eigenvalue weighted by molar-refractivity contribution is -0.137. The molecule has 2 heterocycles. The number of halogens is 4. The fraction of sp³-hybridized carbons (Fsp3) is 0.353. The number of pyridine rings is 1. The number of anilines is 2. The van der Waals surface area contributed by atoms with E-state index >= 15 is 0 Å². The molecule has 10 heteroatoms. The number of nitrogens with two attached hydrogens (primary N) is 2. The van der Waals surface area contributed by atoms with Crippen molar-refractivity contribution in [1.29, 1.82) is 0 Å². The third-order valence-corrected chi connectivity index (χ3v) is 5.09. The molecule has 1 aromatic carbocycles. The monoisotopic (exact) mass is 419 g/mol. The Morgan fingerprint density at radius 2 is 1.63 bits per heavy atom. The summed E-state index contributed by atoms with van der Waals surface area (Å²) in [6.07, 6.45) is -4.44. The van der Waals surface area contributed by atoms with Crippen LogP contribution in [-0.4, -0.2) is 42.5 Å². The zero-order valence-corrected chi connectivity index (χ0v) is 16.3. The number of aromatic nitrogens is 1. The van der Waals surface area contributed by atoms with E-state index in [2.05, 4.69) is 15.0 Å². The highest BCUT2D eigenvalue weighted by Gasteiger charge is 2.32. The van der Waals surface area contributed by atoms with Crippen LogP contribution in [0.3, 0.4) is 0 Å². The molecule has 1 fully saturated rings. The predicted octanol–water partition coefficient (Wildman–Crippen LogP) is 3.74. The normalized spacial score (nSPS) is 15.3. The molecule has 2 aromatic rings. The number of piperazine rings is 1. The second-order valence-corrected chi connectivity index (χ2v) is 7.17. The fourth-order valence-corrected chi connectivity index (χ4v) is 3.60. The number of hydrogen-bond acceptors (Lipinski definition) is 6. The van der Waals surface area contributed by atoms with E-state index in [1.807, 2.05) is 29.2 Å². The minimum atomic E-state index is -4.44. The van der Waals surface area contributed by atoms with E-state index in [-0.39, 0.29) is 11.0 Å². The number of alkyl halides is 3. The topological polar surface area (TPSA) is 71.4 Å². The van der Waals surface area contributed by atoms with Gasteiger partial charge in [0.25, 0.3) is 0 Å². The molecule has 0 bridgehead atoms. The van der Waals surface area contributed by atoms with Crippen LogP contribution >= 0.6 is 23.5 Å². The molecule has 148 valence electrons. The summed E-state index contributed by atoms with van der Waals surface area (Å²) in [6, 6.07) is 9.47. The number of rotatable bonds is 3. The molecule has 0 radical (unpaired) electrons. The highest BCUT2D eigenvalue weighted by atomic mass is 35.5. The van der Waals surface area contributed by atoms with Crippen molar-refractivity contribution in [1.82, 2.24) is 9.29 Å². The van der Waals surface area contributed by atoms with Crippen LogP contribution in [0.25, 0.3) is 0 Å². The van der Waals surface area contributed by atoms with Crippen LogP contribution in [0.1, 0.15) is 5.56 Å². The number of nitrogens with zero attached hydrogens (tertiary/aromatic N) is 3. The maximum atomic E-state index is 12.9. The highest BCUT2D eigenvalue weighted by Crippen LogP contribution is 2.33. The van der Waals surface area contributed by atoms with Gasteiger partial charge in [0, 0.05) is 36.8 Å². The molecule has 1 saturated heterocycles. The highest BCUT2D eigenvalue weighted by molar-refractivity contribution is 7.97. The average Bonchev–Trinajstić information content (AvgIpc) is 2.65. The zero-order chi connectivity index (χ0) is 20.0. The Balaban J connectivity index is 0.00000126. The first kappa shape index (κ1) is 21.6. The summed E-state index contributed by atoms with van der Waals surface area (Å²) in [5.41, 5.74) is 10.1. The van der Waals surface area contributed by atoms with Crippen LogP contribution in [0, 0.1) is 0 Å². The van der Waals surface area contributed by atoms with Crippen molar-refractivity contribution in [2.75, 3.05) is 43.9 Å². The predicted molar refractivity (Wildman–Crippen MR) is 105 cm³/mol. The van der Waals surface area contributed by atoms with Crippen molar-refractivity contribution in [3.63, 3.8) is 0 Å². The van der Waals surface area contributed by atoms with Gasteiger partial charge in [0.2, 0.25) is 0 Å². The van der Waals surface area contributed by atoms with Gasteiger partial charge in [-0.25, -0.2) is 9.29 Å². The third-order valence-electron chi connectivity index (χ3n) is 3.79. The number of nitrogen functional groups attached to an aromatic ring is 1. The van der Waals surface area contributed by atoms with Crippen molar-refractivity contribution in [2.24, 2.45) is 5.73 Å². The van der Waals surface area contributed by atoms with Gasteiger partial charge in [-0.2, -0.15) is 13.2 Å². The molecule has 1 aromatic heterocycles. The standard InChI is InChI=1S/C16H16ClF3N4S.CH5N/c17-14-9-11(16(18,19)20)10-15(22-14)23-5-7-24(8-6-23)25-13-3-1-12(21)2-4-13;1-2/h1-4,9-10H,5-8,21H2;2H2,1H3. The molecular weight excluding hydrogens is 399 g/mol. The summed E-state index contributed by atoms with van der Waals surface area (Å²) in [5, 5.41) is -0.150. The molecule has 0 saturated carbocycles. The van der Waals surface area contributed by atoms with E-state index in [0.29, 0.717) is 31.9 Å². The lowest BCUT2D eigenvalue weighted by atomic mass is 10.2. The first-order chi connectivity index (χ1) is 12.8. The molecule has 0 unspecified atom stereocenters. The van der Waals surface area contributed by atoms with E-state index in [1.165, 1.54) is 7.05 Å². The third kappa shape index (κ3) is 6.17. The second-order valence-electron chi connectivity index (χ2n) is 5.61. The van der Waals surface area contributed by atoms with Crippen LogP contribution in [0.4, 0.5) is 24.7 Å². The van der Waals surface area contributed by atoms with Crippen LogP contribution in [0.5, 0.6) is 0 Å². The number of benzene rings is 1. The summed E-state index contributed by atoms with van der Waals surface area (Å²) in [5.74, 6) is 0.261. The van der Waals surface area contributed by atoms with Crippen LogP contribution < -0.4 is 16.4 Å². The van der Waals surface area contributed by atoms with E-state index < -0.39 is 11.7 Å². The largest absolute Gasteiger partial charge is 0.416 e. The SMILES string of the molecule is CN.Nc1ccc(SN2CCN(c3cc(C(F)(F)F)cc(Cl)n3)CC2)cc1. The van der Waals surface area contributed by atoms with Crippen molar-refractivity contribution >= 4 is 35.1 Å². The summed E-state index contributed by atoms with van der Waals surface area (Å²) in [7, 11) is 1.50. The molecule has 5 nitrogen and oxygen atoms in total. The van der Waals surface area contributed by atoms with Crippen LogP contribution in [0.2, 0.25) is 5.15 Å². The summed E-state index contributed by atoms with van der Waals surface area (Å²) >= 11 is 7.37. The molecule has 3 rings (SSSR count). The van der Waals surface area contributed by atoms with Crippen LogP contribution in [-0.2, 0) is 6.18 Å². The van der Waals surface area contributed by atoms with Crippen molar-refractivity contribution in [3.8, 4) is 0 Å². The van der Waals surface area contributed by atoms with Gasteiger partial charge in [-0.1, -0.05) is 11.6 Å². The smallest absolute Gasteiger partial charge is 0.399 e. The van der Waals surface area contributed by atoms with E-state index in [4.69, 9.17) is 17.3 Å². The summed E-state index contributed by atoms with van der Waals surface area (Å²) in [4.78, 5) is 6.93. The summed E-state index contributed by atoms with van der Waals surface area (Å²) in [6.45, 7) is 2.55. The molecule has 4 N–H and O–H groups in total. The van der Waals surface area contributed by atoms with E-state index in [9.17, 15) is 13.2 Å². The van der Waals surface area contributed by atoms with Gasteiger partial charge in [-0.15, -0.1) is 0 Å². The Labute approximate surface area is 165 Å². The van der Waals surface area contributed by atoms with Gasteiger partial charge in [0.1, 0.15) is 11.0 Å². The molecule has 0 spiro atoms. The van der Waals surface area contributed by atoms with Crippen LogP contribution in [0.15, 0.2) is 41.3 Å². The van der Waals surface area contributed by atoms with Gasteiger partial charge in [-0.3, -0.25) is 0 Å². The molecule has 1 aliphatic rings. The van der Waals surface area contributed by atoms with Crippen molar-refractivity contribution < 1.29 is 13.2 Å². The van der Waals surface area contributed by atoms with Gasteiger partial charge >= 0.3 is 6.18 Å². The van der Waals surface area contributed by atoms with Crippen molar-refractivity contribution in [2.45, 2.75) is 11.1 Å². The molecule has 0 amide bonds. The lowest BCUT2D eigenvalue weighted by Crippen LogP contribution is -2.43. The maximum absolute atomic E-state index is 12.9. The minimum absolute atomic E-state index is 0.150. The van der Waals surface area contributed by atoms with E-state index in [1.54, 1.807) is 11.9 Å². The average molecular weight is 420 g/mol. The number of hydrogen-bond donors (Lipinski definition) is 2. The van der Waals surface area contributed by atoms with Gasteiger partial charge in [0.15, 0.2) is 0 Å². The van der Waals surface area contributed by atoms with Gasteiger partial charge < -0.3 is 16.4 Å². The molecule has 0 atom stereocenters. The van der Waals surface area contributed by atoms with Crippen molar-refractivity contribution in [3.05, 3.63) is 47.1 Å². The lowest BCUT2D eigenvalue weighted by Gasteiger charge is -2.34. The maximum Gasteiger partial charge on any atom is 0.416 e. The fourth-order valence-electron chi connectivity index (χ4n) is 2.49. The second kappa shape index (κ2) is 9.50. The molecule has 1 aliphatic heterocycles. The van der Waals surface area contributed by atoms with Gasteiger partial charge in [0.05, 0.1) is 5.56 Å². The quantitative estimate of drug-likeness (QED) is 0.448. The Kier molecular flexibility index (Phi) is 7.60. The molecule has 27 heavy (non-hydrogen) atoms. The molecular formula is C17H21ClF3N5S. The van der Waals surface area contributed by atoms with E-state index in [0.717, 1.165) is 17.0 Å². The van der Waals surface area contributed by atoms with Gasteiger partial charge in [-0.05, 0) is 55.4 Å². The Morgan fingerprint density at radius 1 is 1.04 bits per heavy atom. The first-order valence-corrected chi connectivity index (χ1v) is 9.32.